The van der Waals surface area contributed by atoms with Crippen molar-refractivity contribution in [1.82, 2.24) is 5.32 Å². The largest absolute Gasteiger partial charge is 0.462 e. The molecule has 0 fully saturated rings. The zero-order chi connectivity index (χ0) is 17.2. The lowest BCUT2D eigenvalue weighted by molar-refractivity contribution is -0.146. The van der Waals surface area contributed by atoms with E-state index in [2.05, 4.69) is 10.6 Å². The molecule has 2 amide bonds. The summed E-state index contributed by atoms with van der Waals surface area (Å²) in [4.78, 5) is 35.0. The van der Waals surface area contributed by atoms with Gasteiger partial charge in [0.1, 0.15) is 5.82 Å². The molecule has 1 rings (SSSR count). The summed E-state index contributed by atoms with van der Waals surface area (Å²) < 4.78 is 22.2. The molecule has 0 heterocycles. The highest BCUT2D eigenvalue weighted by Gasteiger charge is 2.21. The smallest absolute Gasteiger partial charge is 0.347 e. The van der Waals surface area contributed by atoms with Crippen molar-refractivity contribution < 1.29 is 28.2 Å². The number of carbonyl (C=O) groups is 3. The topological polar surface area (TPSA) is 93.7 Å². The van der Waals surface area contributed by atoms with Gasteiger partial charge >= 0.3 is 18.0 Å². The lowest BCUT2D eigenvalue weighted by atomic mass is 10.3. The second kappa shape index (κ2) is 9.19. The Morgan fingerprint density at radius 1 is 1.04 bits per heavy atom. The molecule has 8 heteroatoms. The normalized spacial score (nSPS) is 9.52. The summed E-state index contributed by atoms with van der Waals surface area (Å²) in [7, 11) is 0. The molecule has 0 unspecified atom stereocenters. The Bertz CT molecular complexity index is 578. The molecule has 0 bridgehead atoms. The Kier molecular flexibility index (Phi) is 7.25. The van der Waals surface area contributed by atoms with Crippen molar-refractivity contribution >= 4 is 23.7 Å². The molecule has 0 aliphatic carbocycles. The number of carbonyl (C=O) groups excluding carboxylic acids is 3. The fourth-order valence-electron chi connectivity index (χ4n) is 1.46. The lowest BCUT2D eigenvalue weighted by Gasteiger charge is -2.08. The van der Waals surface area contributed by atoms with E-state index in [-0.39, 0.29) is 13.2 Å². The highest BCUT2D eigenvalue weighted by molar-refractivity contribution is 6.14. The Labute approximate surface area is 132 Å². The molecule has 7 nitrogen and oxygen atoms in total. The summed E-state index contributed by atoms with van der Waals surface area (Å²) in [5.74, 6) is -2.26. The van der Waals surface area contributed by atoms with Crippen molar-refractivity contribution in [3.8, 4) is 0 Å². The van der Waals surface area contributed by atoms with Crippen LogP contribution in [0.5, 0.6) is 0 Å². The average Bonchev–Trinajstić information content (AvgIpc) is 2.50. The minimum Gasteiger partial charge on any atom is -0.462 e. The Morgan fingerprint density at radius 2 is 1.57 bits per heavy atom. The number of esters is 2. The van der Waals surface area contributed by atoms with E-state index in [1.165, 1.54) is 24.3 Å². The Morgan fingerprint density at radius 3 is 2.04 bits per heavy atom. The Hall–Kier alpha value is -2.90. The maximum absolute atomic E-state index is 12.8. The zero-order valence-electron chi connectivity index (χ0n) is 12.7. The summed E-state index contributed by atoms with van der Waals surface area (Å²) in [6.45, 7) is 3.29. The highest BCUT2D eigenvalue weighted by atomic mass is 19.1. The lowest BCUT2D eigenvalue weighted by Crippen LogP contribution is -2.27. The van der Waals surface area contributed by atoms with E-state index in [9.17, 15) is 18.8 Å². The molecule has 0 aromatic heterocycles. The Balaban J connectivity index is 2.74. The number of halogens is 1. The van der Waals surface area contributed by atoms with Crippen LogP contribution in [0, 0.1) is 5.82 Å². The van der Waals surface area contributed by atoms with Gasteiger partial charge in [-0.25, -0.2) is 18.8 Å². The van der Waals surface area contributed by atoms with Gasteiger partial charge in [-0.15, -0.1) is 0 Å². The third-order valence-electron chi connectivity index (χ3n) is 2.44. The molecule has 1 aromatic rings. The molecule has 124 valence electrons. The van der Waals surface area contributed by atoms with Crippen molar-refractivity contribution in [1.29, 1.82) is 0 Å². The van der Waals surface area contributed by atoms with E-state index in [1.54, 1.807) is 13.8 Å². The van der Waals surface area contributed by atoms with E-state index in [0.717, 1.165) is 6.20 Å². The minimum atomic E-state index is -0.909. The van der Waals surface area contributed by atoms with Gasteiger partial charge < -0.3 is 20.1 Å². The quantitative estimate of drug-likeness (QED) is 0.361. The van der Waals surface area contributed by atoms with Crippen LogP contribution in [0.25, 0.3) is 0 Å². The third kappa shape index (κ3) is 6.16. The summed E-state index contributed by atoms with van der Waals surface area (Å²) in [5, 5.41) is 4.62. The fraction of sp³-hybridized carbons (Fsp3) is 0.267. The molecule has 0 atom stereocenters. The molecule has 1 aromatic carbocycles. The first kappa shape index (κ1) is 18.1. The van der Waals surface area contributed by atoms with E-state index >= 15 is 0 Å². The molecule has 0 spiro atoms. The van der Waals surface area contributed by atoms with E-state index < -0.39 is 29.4 Å². The molecule has 0 saturated carbocycles. The predicted molar refractivity (Wildman–Crippen MR) is 79.9 cm³/mol. The number of nitrogens with one attached hydrogen (secondary N) is 2. The second-order valence-electron chi connectivity index (χ2n) is 4.10. The number of anilines is 1. The first-order valence-corrected chi connectivity index (χ1v) is 6.85. The van der Waals surface area contributed by atoms with Crippen molar-refractivity contribution in [2.75, 3.05) is 18.5 Å². The average molecular weight is 324 g/mol. The molecule has 0 aliphatic rings. The first-order valence-electron chi connectivity index (χ1n) is 6.85. The number of amides is 2. The van der Waals surface area contributed by atoms with Gasteiger partial charge in [0.2, 0.25) is 0 Å². The zero-order valence-corrected chi connectivity index (χ0v) is 12.7. The summed E-state index contributed by atoms with van der Waals surface area (Å²) >= 11 is 0. The van der Waals surface area contributed by atoms with Crippen molar-refractivity contribution in [2.24, 2.45) is 0 Å². The molecule has 0 saturated heterocycles. The molecule has 2 N–H and O–H groups in total. The molecule has 23 heavy (non-hydrogen) atoms. The number of hydrogen-bond donors (Lipinski definition) is 2. The molecule has 0 radical (unpaired) electrons. The number of hydrogen-bond acceptors (Lipinski definition) is 5. The number of ether oxygens (including phenoxy) is 2. The van der Waals surface area contributed by atoms with Crippen molar-refractivity contribution in [2.45, 2.75) is 13.8 Å². The summed E-state index contributed by atoms with van der Waals surface area (Å²) in [6, 6.07) is 4.34. The standard InChI is InChI=1S/C15H17FN2O5/c1-3-22-13(19)12(14(20)23-4-2)9-17-15(21)18-11-7-5-10(16)6-8-11/h5-9H,3-4H2,1-2H3,(H2,17,18,21). The number of benzene rings is 1. The first-order chi connectivity index (χ1) is 11.0. The number of rotatable bonds is 6. The van der Waals surface area contributed by atoms with Gasteiger partial charge in [-0.05, 0) is 38.1 Å². The van der Waals surface area contributed by atoms with E-state index in [0.29, 0.717) is 5.69 Å². The van der Waals surface area contributed by atoms with E-state index in [1.807, 2.05) is 0 Å². The van der Waals surface area contributed by atoms with Crippen LogP contribution < -0.4 is 10.6 Å². The van der Waals surface area contributed by atoms with Gasteiger partial charge in [0, 0.05) is 11.9 Å². The predicted octanol–water partition coefficient (Wildman–Crippen LogP) is 1.96. The molecular weight excluding hydrogens is 307 g/mol. The second-order valence-corrected chi connectivity index (χ2v) is 4.10. The van der Waals surface area contributed by atoms with Gasteiger partial charge in [-0.1, -0.05) is 0 Å². The van der Waals surface area contributed by atoms with Gasteiger partial charge in [-0.3, -0.25) is 0 Å². The maximum atomic E-state index is 12.8. The maximum Gasteiger partial charge on any atom is 0.347 e. The van der Waals surface area contributed by atoms with Crippen LogP contribution in [0.4, 0.5) is 14.9 Å². The molecular formula is C15H17FN2O5. The van der Waals surface area contributed by atoms with E-state index in [4.69, 9.17) is 9.47 Å². The SMILES string of the molecule is CCOC(=O)C(=CNC(=O)Nc1ccc(F)cc1)C(=O)OCC. The fourth-order valence-corrected chi connectivity index (χ4v) is 1.46. The number of urea groups is 1. The van der Waals surface area contributed by atoms with Crippen LogP contribution >= 0.6 is 0 Å². The van der Waals surface area contributed by atoms with Crippen LogP contribution in [0.1, 0.15) is 13.8 Å². The third-order valence-corrected chi connectivity index (χ3v) is 2.44. The van der Waals surface area contributed by atoms with Crippen molar-refractivity contribution in [3.63, 3.8) is 0 Å². The van der Waals surface area contributed by atoms with Crippen LogP contribution in [-0.2, 0) is 19.1 Å². The molecule has 0 aliphatic heterocycles. The van der Waals surface area contributed by atoms with Crippen LogP contribution in [0.15, 0.2) is 36.0 Å². The van der Waals surface area contributed by atoms with Gasteiger partial charge in [0.15, 0.2) is 5.57 Å². The summed E-state index contributed by atoms with van der Waals surface area (Å²) in [5.41, 5.74) is -0.103. The van der Waals surface area contributed by atoms with Gasteiger partial charge in [-0.2, -0.15) is 0 Å². The monoisotopic (exact) mass is 324 g/mol. The van der Waals surface area contributed by atoms with Gasteiger partial charge in [0.05, 0.1) is 13.2 Å². The highest BCUT2D eigenvalue weighted by Crippen LogP contribution is 2.08. The minimum absolute atomic E-state index is 0.0668. The van der Waals surface area contributed by atoms with Crippen molar-refractivity contribution in [3.05, 3.63) is 41.9 Å². The van der Waals surface area contributed by atoms with Gasteiger partial charge in [0.25, 0.3) is 0 Å². The van der Waals surface area contributed by atoms with Crippen LogP contribution in [0.2, 0.25) is 0 Å². The van der Waals surface area contributed by atoms with Crippen LogP contribution in [0.3, 0.4) is 0 Å². The van der Waals surface area contributed by atoms with Crippen LogP contribution in [-0.4, -0.2) is 31.2 Å². The summed E-state index contributed by atoms with van der Waals surface area (Å²) in [6.07, 6.45) is 0.898.